The van der Waals surface area contributed by atoms with Gasteiger partial charge in [-0.2, -0.15) is 0 Å². The van der Waals surface area contributed by atoms with Gasteiger partial charge in [0.1, 0.15) is 0 Å². The first kappa shape index (κ1) is 23.4. The molecule has 1 rings (SSSR count). The van der Waals surface area contributed by atoms with Gasteiger partial charge < -0.3 is 9.79 Å². The van der Waals surface area contributed by atoms with E-state index in [1.807, 2.05) is 12.1 Å². The highest BCUT2D eigenvalue weighted by molar-refractivity contribution is 7.60. The number of benzene rings is 1. The van der Waals surface area contributed by atoms with Gasteiger partial charge in [0.15, 0.2) is 0 Å². The third kappa shape index (κ3) is 9.90. The molecule has 0 saturated heterocycles. The monoisotopic (exact) mass is 382 g/mol. The van der Waals surface area contributed by atoms with Gasteiger partial charge in [-0.25, -0.2) is 0 Å². The molecule has 0 heterocycles. The Bertz CT molecular complexity index is 524. The molecule has 0 spiro atoms. The van der Waals surface area contributed by atoms with Crippen molar-refractivity contribution in [2.45, 2.75) is 97.3 Å². The molecular formula is C22H39O3P. The van der Waals surface area contributed by atoms with Gasteiger partial charge in [0.2, 0.25) is 0 Å². The average Bonchev–Trinajstić information content (AvgIpc) is 2.61. The van der Waals surface area contributed by atoms with E-state index in [0.717, 1.165) is 12.0 Å². The molecule has 1 atom stereocenters. The van der Waals surface area contributed by atoms with Gasteiger partial charge >= 0.3 is 7.60 Å². The summed E-state index contributed by atoms with van der Waals surface area (Å²) < 4.78 is 11.8. The van der Waals surface area contributed by atoms with Gasteiger partial charge in [-0.1, -0.05) is 109 Å². The highest BCUT2D eigenvalue weighted by Gasteiger charge is 2.22. The Kier molecular flexibility index (Phi) is 12.2. The summed E-state index contributed by atoms with van der Waals surface area (Å²) in [5.41, 5.74) is 0.840. The van der Waals surface area contributed by atoms with E-state index in [1.165, 1.54) is 77.0 Å². The summed E-state index contributed by atoms with van der Waals surface area (Å²) in [6, 6.07) is 7.11. The molecule has 1 unspecified atom stereocenters. The van der Waals surface area contributed by atoms with Crippen LogP contribution in [0.15, 0.2) is 24.3 Å². The lowest BCUT2D eigenvalue weighted by Gasteiger charge is -2.19. The smallest absolute Gasteiger partial charge is 0.321 e. The molecule has 0 aliphatic heterocycles. The third-order valence-electron chi connectivity index (χ3n) is 5.25. The summed E-state index contributed by atoms with van der Waals surface area (Å²) in [5, 5.41) is 0.224. The minimum absolute atomic E-state index is 0.224. The van der Waals surface area contributed by atoms with E-state index in [2.05, 4.69) is 13.8 Å². The summed E-state index contributed by atoms with van der Waals surface area (Å²) in [4.78, 5) is 19.3. The van der Waals surface area contributed by atoms with Crippen molar-refractivity contribution in [3.8, 4) is 0 Å². The first-order chi connectivity index (χ1) is 12.5. The predicted molar refractivity (Wildman–Crippen MR) is 112 cm³/mol. The molecule has 0 amide bonds. The second-order valence-corrected chi connectivity index (χ2v) is 9.22. The molecule has 3 nitrogen and oxygen atoms in total. The van der Waals surface area contributed by atoms with Crippen molar-refractivity contribution in [1.29, 1.82) is 0 Å². The topological polar surface area (TPSA) is 57.5 Å². The van der Waals surface area contributed by atoms with Gasteiger partial charge in [-0.05, 0) is 24.0 Å². The number of hydrogen-bond donors (Lipinski definition) is 2. The molecule has 0 fully saturated rings. The lowest BCUT2D eigenvalue weighted by atomic mass is 9.89. The molecule has 0 aliphatic carbocycles. The van der Waals surface area contributed by atoms with Crippen LogP contribution in [0.25, 0.3) is 0 Å². The summed E-state index contributed by atoms with van der Waals surface area (Å²) in [6.07, 6.45) is 15.9. The predicted octanol–water partition coefficient (Wildman–Crippen LogP) is 6.37. The van der Waals surface area contributed by atoms with Crippen LogP contribution >= 0.6 is 7.60 Å². The van der Waals surface area contributed by atoms with E-state index in [9.17, 15) is 14.4 Å². The molecule has 0 aliphatic rings. The molecular weight excluding hydrogens is 343 g/mol. The third-order valence-corrected chi connectivity index (χ3v) is 6.31. The van der Waals surface area contributed by atoms with Crippen LogP contribution in [0.4, 0.5) is 0 Å². The molecule has 2 N–H and O–H groups in total. The van der Waals surface area contributed by atoms with E-state index in [4.69, 9.17) is 0 Å². The number of hydrogen-bond acceptors (Lipinski definition) is 1. The standard InChI is InChI=1S/C22H39O3P/c1-3-5-7-9-10-12-16-20(15-11-8-6-4-2)19-21-17-13-14-18-22(21)26(23,24)25/h13-14,17-18,20H,3-12,15-16,19H2,1-2H3,(H2,23,24,25). The molecule has 150 valence electrons. The largest absolute Gasteiger partial charge is 0.356 e. The molecule has 26 heavy (non-hydrogen) atoms. The second kappa shape index (κ2) is 13.5. The van der Waals surface area contributed by atoms with Crippen LogP contribution < -0.4 is 5.30 Å². The van der Waals surface area contributed by atoms with E-state index < -0.39 is 7.60 Å². The highest BCUT2D eigenvalue weighted by atomic mass is 31.2. The fourth-order valence-corrected chi connectivity index (χ4v) is 4.52. The van der Waals surface area contributed by atoms with Crippen molar-refractivity contribution in [1.82, 2.24) is 0 Å². The van der Waals surface area contributed by atoms with Crippen molar-refractivity contribution in [2.75, 3.05) is 0 Å². The van der Waals surface area contributed by atoms with Crippen LogP contribution in [0.3, 0.4) is 0 Å². The van der Waals surface area contributed by atoms with Crippen molar-refractivity contribution in [3.05, 3.63) is 29.8 Å². The summed E-state index contributed by atoms with van der Waals surface area (Å²) in [5.74, 6) is 0.533. The Labute approximate surface area is 160 Å². The fraction of sp³-hybridized carbons (Fsp3) is 0.727. The van der Waals surface area contributed by atoms with Crippen LogP contribution in [0.5, 0.6) is 0 Å². The van der Waals surface area contributed by atoms with Crippen molar-refractivity contribution in [3.63, 3.8) is 0 Å². The van der Waals surface area contributed by atoms with Crippen LogP contribution in [-0.4, -0.2) is 9.79 Å². The molecule has 0 bridgehead atoms. The summed E-state index contributed by atoms with van der Waals surface area (Å²) >= 11 is 0. The lowest BCUT2D eigenvalue weighted by molar-refractivity contribution is 0.385. The zero-order valence-corrected chi connectivity index (χ0v) is 17.7. The Morgan fingerprint density at radius 3 is 1.88 bits per heavy atom. The molecule has 1 aromatic rings. The average molecular weight is 383 g/mol. The maximum Gasteiger partial charge on any atom is 0.356 e. The molecule has 0 saturated carbocycles. The minimum Gasteiger partial charge on any atom is -0.321 e. The first-order valence-electron chi connectivity index (χ1n) is 10.6. The van der Waals surface area contributed by atoms with E-state index in [-0.39, 0.29) is 5.30 Å². The van der Waals surface area contributed by atoms with Crippen LogP contribution in [0.2, 0.25) is 0 Å². The Morgan fingerprint density at radius 2 is 1.31 bits per heavy atom. The van der Waals surface area contributed by atoms with Crippen molar-refractivity contribution >= 4 is 12.9 Å². The Hall–Kier alpha value is -0.630. The summed E-state index contributed by atoms with van der Waals surface area (Å²) in [6.45, 7) is 4.47. The van der Waals surface area contributed by atoms with Crippen molar-refractivity contribution in [2.24, 2.45) is 5.92 Å². The zero-order valence-electron chi connectivity index (χ0n) is 16.8. The maximum absolute atomic E-state index is 11.8. The minimum atomic E-state index is -4.19. The van der Waals surface area contributed by atoms with Crippen LogP contribution in [-0.2, 0) is 11.0 Å². The van der Waals surface area contributed by atoms with E-state index in [0.29, 0.717) is 5.92 Å². The van der Waals surface area contributed by atoms with Crippen LogP contribution in [0.1, 0.15) is 96.5 Å². The fourth-order valence-electron chi connectivity index (χ4n) is 3.70. The molecule has 0 radical (unpaired) electrons. The SMILES string of the molecule is CCCCCCCCC(CCCCCC)Cc1ccccc1P(=O)(O)O. The van der Waals surface area contributed by atoms with Crippen LogP contribution in [0, 0.1) is 5.92 Å². The van der Waals surface area contributed by atoms with E-state index >= 15 is 0 Å². The molecule has 0 aromatic heterocycles. The van der Waals surface area contributed by atoms with E-state index in [1.54, 1.807) is 12.1 Å². The number of rotatable bonds is 15. The van der Waals surface area contributed by atoms with Gasteiger partial charge in [-0.15, -0.1) is 0 Å². The normalized spacial score (nSPS) is 13.1. The Balaban J connectivity index is 2.62. The zero-order chi connectivity index (χ0) is 19.3. The van der Waals surface area contributed by atoms with Gasteiger partial charge in [0, 0.05) is 0 Å². The maximum atomic E-state index is 11.8. The molecule has 4 heteroatoms. The Morgan fingerprint density at radius 1 is 0.808 bits per heavy atom. The molecule has 1 aromatic carbocycles. The first-order valence-corrected chi connectivity index (χ1v) is 12.2. The van der Waals surface area contributed by atoms with Gasteiger partial charge in [0.25, 0.3) is 0 Å². The highest BCUT2D eigenvalue weighted by Crippen LogP contribution is 2.35. The number of unbranched alkanes of at least 4 members (excludes halogenated alkanes) is 8. The lowest BCUT2D eigenvalue weighted by Crippen LogP contribution is -2.15. The summed E-state index contributed by atoms with van der Waals surface area (Å²) in [7, 11) is -4.19. The quantitative estimate of drug-likeness (QED) is 0.274. The van der Waals surface area contributed by atoms with Gasteiger partial charge in [-0.3, -0.25) is 4.57 Å². The second-order valence-electron chi connectivity index (χ2n) is 7.65. The van der Waals surface area contributed by atoms with Gasteiger partial charge in [0.05, 0.1) is 5.30 Å². The van der Waals surface area contributed by atoms with Crippen molar-refractivity contribution < 1.29 is 14.4 Å².